The van der Waals surface area contributed by atoms with Gasteiger partial charge in [-0.05, 0) is 6.07 Å². The van der Waals surface area contributed by atoms with E-state index in [1.54, 1.807) is 5.43 Å². The van der Waals surface area contributed by atoms with E-state index in [9.17, 15) is 27.7 Å². The van der Waals surface area contributed by atoms with Crippen molar-refractivity contribution in [1.82, 2.24) is 0 Å². The van der Waals surface area contributed by atoms with Crippen molar-refractivity contribution in [3.05, 3.63) is 69.3 Å². The average Bonchev–Trinajstić information content (AvgIpc) is 2.49. The van der Waals surface area contributed by atoms with Gasteiger partial charge in [-0.2, -0.15) is 5.10 Å². The molecule has 0 fully saturated rings. The summed E-state index contributed by atoms with van der Waals surface area (Å²) >= 11 is 0. The lowest BCUT2D eigenvalue weighted by Gasteiger charge is -2.05. The van der Waals surface area contributed by atoms with E-state index in [4.69, 9.17) is 0 Å². The van der Waals surface area contributed by atoms with Crippen LogP contribution in [0.25, 0.3) is 0 Å². The van der Waals surface area contributed by atoms with Crippen LogP contribution in [0.1, 0.15) is 5.56 Å². The summed E-state index contributed by atoms with van der Waals surface area (Å²) in [5.41, 5.74) is 0.410. The molecule has 2 aromatic carbocycles. The zero-order chi connectivity index (χ0) is 16.3. The first-order chi connectivity index (χ1) is 10.4. The first kappa shape index (κ1) is 15.4. The van der Waals surface area contributed by atoms with Crippen LogP contribution in [-0.2, 0) is 0 Å². The summed E-state index contributed by atoms with van der Waals surface area (Å²) in [5, 5.41) is 14.1. The van der Waals surface area contributed by atoms with Crippen molar-refractivity contribution >= 4 is 17.6 Å². The molecule has 0 amide bonds. The molecule has 5 nitrogen and oxygen atoms in total. The molecular weight excluding hydrogens is 306 g/mol. The Morgan fingerprint density at radius 1 is 1.09 bits per heavy atom. The monoisotopic (exact) mass is 313 g/mol. The number of halogens is 4. The molecule has 22 heavy (non-hydrogen) atoms. The first-order valence-corrected chi connectivity index (χ1v) is 5.77. The number of nitro benzene ring substituents is 1. The standard InChI is InChI=1S/C13H7F4N3O2/c14-8-5-9(15)12(17)13(11(8)16)19-18-6-7-3-1-2-4-10(7)20(21)22/h1-6,19H/b18-6-. The number of benzene rings is 2. The van der Waals surface area contributed by atoms with E-state index in [0.717, 1.165) is 6.21 Å². The average molecular weight is 313 g/mol. The fourth-order valence-corrected chi connectivity index (χ4v) is 1.60. The van der Waals surface area contributed by atoms with Gasteiger partial charge in [0.25, 0.3) is 5.69 Å². The highest BCUT2D eigenvalue weighted by atomic mass is 19.2. The smallest absolute Gasteiger partial charge is 0.272 e. The molecule has 0 aliphatic heterocycles. The number of hydrogen-bond acceptors (Lipinski definition) is 4. The number of para-hydroxylation sites is 1. The Morgan fingerprint density at radius 2 is 1.68 bits per heavy atom. The van der Waals surface area contributed by atoms with Gasteiger partial charge in [0.2, 0.25) is 0 Å². The molecule has 2 aromatic rings. The molecule has 114 valence electrons. The predicted octanol–water partition coefficient (Wildman–Crippen LogP) is 3.60. The van der Waals surface area contributed by atoms with Gasteiger partial charge in [-0.15, -0.1) is 0 Å². The Labute approximate surface area is 121 Å². The zero-order valence-corrected chi connectivity index (χ0v) is 10.7. The number of rotatable bonds is 4. The molecule has 0 atom stereocenters. The molecule has 0 aromatic heterocycles. The third kappa shape index (κ3) is 3.03. The summed E-state index contributed by atoms with van der Waals surface area (Å²) in [6, 6.07) is 5.50. The van der Waals surface area contributed by atoms with Gasteiger partial charge < -0.3 is 0 Å². The fourth-order valence-electron chi connectivity index (χ4n) is 1.60. The summed E-state index contributed by atoms with van der Waals surface area (Å²) < 4.78 is 52.7. The zero-order valence-electron chi connectivity index (χ0n) is 10.7. The minimum atomic E-state index is -1.65. The third-order valence-electron chi connectivity index (χ3n) is 2.63. The highest BCUT2D eigenvalue weighted by Crippen LogP contribution is 2.24. The maximum Gasteiger partial charge on any atom is 0.278 e. The van der Waals surface area contributed by atoms with Crippen molar-refractivity contribution in [2.24, 2.45) is 5.10 Å². The van der Waals surface area contributed by atoms with Crippen LogP contribution in [-0.4, -0.2) is 11.1 Å². The van der Waals surface area contributed by atoms with Gasteiger partial charge in [0.1, 0.15) is 5.69 Å². The van der Waals surface area contributed by atoms with Gasteiger partial charge in [0.15, 0.2) is 23.3 Å². The van der Waals surface area contributed by atoms with E-state index in [0.29, 0.717) is 0 Å². The normalized spacial score (nSPS) is 10.9. The molecule has 1 N–H and O–H groups in total. The molecule has 0 aliphatic rings. The van der Waals surface area contributed by atoms with E-state index in [1.807, 2.05) is 0 Å². The lowest BCUT2D eigenvalue weighted by molar-refractivity contribution is -0.385. The maximum atomic E-state index is 13.3. The molecule has 0 heterocycles. The van der Waals surface area contributed by atoms with Crippen LogP contribution in [0.5, 0.6) is 0 Å². The van der Waals surface area contributed by atoms with Gasteiger partial charge in [-0.1, -0.05) is 12.1 Å². The molecule has 0 bridgehead atoms. The van der Waals surface area contributed by atoms with Gasteiger partial charge in [-0.3, -0.25) is 15.5 Å². The summed E-state index contributed by atoms with van der Waals surface area (Å²) in [6.07, 6.45) is 0.903. The van der Waals surface area contributed by atoms with Crippen LogP contribution >= 0.6 is 0 Å². The van der Waals surface area contributed by atoms with Crippen molar-refractivity contribution in [1.29, 1.82) is 0 Å². The number of nitro groups is 1. The van der Waals surface area contributed by atoms with E-state index < -0.39 is 33.9 Å². The molecule has 0 spiro atoms. The number of nitrogens with one attached hydrogen (secondary N) is 1. The minimum absolute atomic E-state index is 0.0395. The van der Waals surface area contributed by atoms with Crippen molar-refractivity contribution < 1.29 is 22.5 Å². The van der Waals surface area contributed by atoms with E-state index >= 15 is 0 Å². The second-order valence-electron chi connectivity index (χ2n) is 4.03. The lowest BCUT2D eigenvalue weighted by atomic mass is 10.2. The Kier molecular flexibility index (Phi) is 4.35. The number of nitrogens with zero attached hydrogens (tertiary/aromatic N) is 2. The van der Waals surface area contributed by atoms with Crippen LogP contribution < -0.4 is 5.43 Å². The second kappa shape index (κ2) is 6.20. The molecule has 0 aliphatic carbocycles. The van der Waals surface area contributed by atoms with Crippen LogP contribution in [0.4, 0.5) is 28.9 Å². The Hall–Kier alpha value is -2.97. The number of anilines is 1. The molecule has 0 radical (unpaired) electrons. The van der Waals surface area contributed by atoms with Crippen LogP contribution in [0, 0.1) is 33.4 Å². The minimum Gasteiger partial charge on any atom is -0.272 e. The largest absolute Gasteiger partial charge is 0.278 e. The van der Waals surface area contributed by atoms with Crippen LogP contribution in [0.15, 0.2) is 35.4 Å². The summed E-state index contributed by atoms with van der Waals surface area (Å²) in [4.78, 5) is 10.1. The Balaban J connectivity index is 2.30. The van der Waals surface area contributed by atoms with E-state index in [-0.39, 0.29) is 17.3 Å². The van der Waals surface area contributed by atoms with Crippen molar-refractivity contribution in [3.63, 3.8) is 0 Å². The molecule has 2 rings (SSSR count). The van der Waals surface area contributed by atoms with Crippen molar-refractivity contribution in [2.45, 2.75) is 0 Å². The lowest BCUT2D eigenvalue weighted by Crippen LogP contribution is -2.03. The first-order valence-electron chi connectivity index (χ1n) is 5.77. The maximum absolute atomic E-state index is 13.3. The fraction of sp³-hybridized carbons (Fsp3) is 0. The van der Waals surface area contributed by atoms with E-state index in [2.05, 4.69) is 5.10 Å². The molecule has 9 heteroatoms. The van der Waals surface area contributed by atoms with Crippen molar-refractivity contribution in [3.8, 4) is 0 Å². The van der Waals surface area contributed by atoms with Gasteiger partial charge in [0.05, 0.1) is 16.7 Å². The highest BCUT2D eigenvalue weighted by Gasteiger charge is 2.18. The van der Waals surface area contributed by atoms with E-state index in [1.165, 1.54) is 24.3 Å². The number of hydrazone groups is 1. The molecule has 0 saturated heterocycles. The summed E-state index contributed by atoms with van der Waals surface area (Å²) in [5.74, 6) is -6.50. The third-order valence-corrected chi connectivity index (χ3v) is 2.63. The number of hydrogen-bond donors (Lipinski definition) is 1. The topological polar surface area (TPSA) is 67.5 Å². The predicted molar refractivity (Wildman–Crippen MR) is 70.6 cm³/mol. The van der Waals surface area contributed by atoms with Gasteiger partial charge >= 0.3 is 0 Å². The molecule has 0 saturated carbocycles. The molecular formula is C13H7F4N3O2. The Morgan fingerprint density at radius 3 is 2.27 bits per heavy atom. The van der Waals surface area contributed by atoms with Gasteiger partial charge in [-0.25, -0.2) is 17.6 Å². The summed E-state index contributed by atoms with van der Waals surface area (Å²) in [7, 11) is 0. The highest BCUT2D eigenvalue weighted by molar-refractivity contribution is 5.85. The van der Waals surface area contributed by atoms with Gasteiger partial charge in [0, 0.05) is 12.1 Å². The SMILES string of the molecule is O=[N+]([O-])c1ccccc1/C=N\Nc1c(F)c(F)cc(F)c1F. The van der Waals surface area contributed by atoms with Crippen molar-refractivity contribution in [2.75, 3.05) is 5.43 Å². The van der Waals surface area contributed by atoms with Crippen LogP contribution in [0.2, 0.25) is 0 Å². The van der Waals surface area contributed by atoms with Crippen LogP contribution in [0.3, 0.4) is 0 Å². The molecule has 0 unspecified atom stereocenters. The quantitative estimate of drug-likeness (QED) is 0.308. The second-order valence-corrected chi connectivity index (χ2v) is 4.03. The Bertz CT molecular complexity index is 739. The summed E-state index contributed by atoms with van der Waals surface area (Å²) in [6.45, 7) is 0.